The third kappa shape index (κ3) is 0.778. The van der Waals surface area contributed by atoms with Crippen LogP contribution >= 0.6 is 0 Å². The van der Waals surface area contributed by atoms with Crippen LogP contribution in [0, 0.1) is 0 Å². The first-order valence-electron chi connectivity index (χ1n) is 1.96. The molecular formula is C4H5NO2. The van der Waals surface area contributed by atoms with Crippen LogP contribution in [0.1, 0.15) is 0 Å². The van der Waals surface area contributed by atoms with Crippen molar-refractivity contribution >= 4 is 6.29 Å². The van der Waals surface area contributed by atoms with E-state index in [1.165, 1.54) is 0 Å². The van der Waals surface area contributed by atoms with E-state index in [2.05, 4.69) is 10.3 Å². The minimum Gasteiger partial charge on any atom is -0.300 e. The van der Waals surface area contributed by atoms with Crippen LogP contribution in [0.15, 0.2) is 12.3 Å². The smallest absolute Gasteiger partial charge is 0.160 e. The Kier molecular flexibility index (Phi) is 1.08. The minimum atomic E-state index is -0.375. The summed E-state index contributed by atoms with van der Waals surface area (Å²) in [7, 11) is 0. The Morgan fingerprint density at radius 2 is 2.71 bits per heavy atom. The Bertz CT molecular complexity index is 99.9. The first kappa shape index (κ1) is 4.33. The van der Waals surface area contributed by atoms with E-state index >= 15 is 0 Å². The fourth-order valence-corrected chi connectivity index (χ4v) is 0.364. The van der Waals surface area contributed by atoms with E-state index in [1.54, 1.807) is 12.3 Å². The molecule has 0 saturated heterocycles. The highest BCUT2D eigenvalue weighted by atomic mass is 16.7. The Balaban J connectivity index is 2.42. The zero-order valence-corrected chi connectivity index (χ0v) is 3.63. The molecule has 0 aliphatic carbocycles. The molecule has 1 rings (SSSR count). The van der Waals surface area contributed by atoms with E-state index < -0.39 is 0 Å². The van der Waals surface area contributed by atoms with Crippen molar-refractivity contribution in [3.63, 3.8) is 0 Å². The van der Waals surface area contributed by atoms with Gasteiger partial charge in [-0.15, -0.1) is 0 Å². The van der Waals surface area contributed by atoms with Gasteiger partial charge in [-0.3, -0.25) is 15.1 Å². The molecule has 0 aromatic heterocycles. The van der Waals surface area contributed by atoms with Crippen LogP contribution in [-0.2, 0) is 9.63 Å². The lowest BCUT2D eigenvalue weighted by Crippen LogP contribution is -2.10. The summed E-state index contributed by atoms with van der Waals surface area (Å²) >= 11 is 0. The molecule has 0 saturated carbocycles. The second-order valence-corrected chi connectivity index (χ2v) is 1.20. The molecule has 0 bridgehead atoms. The number of hydroxylamine groups is 1. The second kappa shape index (κ2) is 1.75. The van der Waals surface area contributed by atoms with Crippen LogP contribution in [-0.4, -0.2) is 12.4 Å². The molecule has 0 fully saturated rings. The maximum Gasteiger partial charge on any atom is 0.160 e. The molecule has 0 aromatic rings. The Hall–Kier alpha value is -0.830. The van der Waals surface area contributed by atoms with Gasteiger partial charge < -0.3 is 0 Å². The lowest BCUT2D eigenvalue weighted by molar-refractivity contribution is -0.116. The molecule has 0 spiro atoms. The van der Waals surface area contributed by atoms with E-state index in [0.29, 0.717) is 0 Å². The highest BCUT2D eigenvalue weighted by Crippen LogP contribution is 1.92. The van der Waals surface area contributed by atoms with E-state index in [-0.39, 0.29) is 6.10 Å². The molecule has 1 unspecified atom stereocenters. The van der Waals surface area contributed by atoms with Gasteiger partial charge in [0.05, 0.1) is 0 Å². The number of rotatable bonds is 1. The summed E-state index contributed by atoms with van der Waals surface area (Å²) in [6, 6.07) is 0. The molecule has 7 heavy (non-hydrogen) atoms. The number of aldehydes is 1. The van der Waals surface area contributed by atoms with Crippen LogP contribution in [0.3, 0.4) is 0 Å². The summed E-state index contributed by atoms with van der Waals surface area (Å²) in [5.74, 6) is 0. The predicted octanol–water partition coefficient (Wildman–Crippen LogP) is -0.398. The number of carbonyl (C=O) groups is 1. The predicted molar refractivity (Wildman–Crippen MR) is 23.2 cm³/mol. The minimum absolute atomic E-state index is 0.375. The van der Waals surface area contributed by atoms with E-state index in [9.17, 15) is 4.79 Å². The molecule has 38 valence electrons. The van der Waals surface area contributed by atoms with Crippen molar-refractivity contribution in [2.75, 3.05) is 0 Å². The first-order chi connectivity index (χ1) is 3.43. The number of hydrogen-bond donors (Lipinski definition) is 1. The maximum absolute atomic E-state index is 9.79. The molecular weight excluding hydrogens is 94.0 g/mol. The zero-order chi connectivity index (χ0) is 5.11. The van der Waals surface area contributed by atoms with Crippen molar-refractivity contribution in [3.05, 3.63) is 12.3 Å². The third-order valence-electron chi connectivity index (χ3n) is 0.692. The van der Waals surface area contributed by atoms with Gasteiger partial charge in [-0.05, 0) is 6.08 Å². The zero-order valence-electron chi connectivity index (χ0n) is 3.63. The van der Waals surface area contributed by atoms with Gasteiger partial charge in [-0.25, -0.2) is 0 Å². The van der Waals surface area contributed by atoms with Gasteiger partial charge in [0.25, 0.3) is 0 Å². The van der Waals surface area contributed by atoms with Gasteiger partial charge in [-0.2, -0.15) is 0 Å². The van der Waals surface area contributed by atoms with Crippen LogP contribution in [0.25, 0.3) is 0 Å². The number of carbonyl (C=O) groups excluding carboxylic acids is 1. The van der Waals surface area contributed by atoms with Crippen molar-refractivity contribution < 1.29 is 9.63 Å². The monoisotopic (exact) mass is 99.0 g/mol. The normalized spacial score (nSPS) is 27.1. The molecule has 0 radical (unpaired) electrons. The average Bonchev–Trinajstić information content (AvgIpc) is 2.14. The lowest BCUT2D eigenvalue weighted by atomic mass is 10.4. The second-order valence-electron chi connectivity index (χ2n) is 1.20. The molecule has 3 heteroatoms. The largest absolute Gasteiger partial charge is 0.300 e. The number of nitrogens with one attached hydrogen (secondary N) is 1. The lowest BCUT2D eigenvalue weighted by Gasteiger charge is -1.93. The fourth-order valence-electron chi connectivity index (χ4n) is 0.364. The van der Waals surface area contributed by atoms with E-state index in [0.717, 1.165) is 6.29 Å². The van der Waals surface area contributed by atoms with Crippen molar-refractivity contribution in [2.24, 2.45) is 0 Å². The first-order valence-corrected chi connectivity index (χ1v) is 1.96. The van der Waals surface area contributed by atoms with Gasteiger partial charge in [0.2, 0.25) is 0 Å². The van der Waals surface area contributed by atoms with Crippen molar-refractivity contribution in [1.29, 1.82) is 0 Å². The highest BCUT2D eigenvalue weighted by Gasteiger charge is 2.04. The number of hydrogen-bond acceptors (Lipinski definition) is 3. The van der Waals surface area contributed by atoms with Gasteiger partial charge >= 0.3 is 0 Å². The summed E-state index contributed by atoms with van der Waals surface area (Å²) in [5.41, 5.74) is 2.41. The Morgan fingerprint density at radius 3 is 3.00 bits per heavy atom. The van der Waals surface area contributed by atoms with E-state index in [1.807, 2.05) is 0 Å². The van der Waals surface area contributed by atoms with Gasteiger partial charge in [0.1, 0.15) is 0 Å². The summed E-state index contributed by atoms with van der Waals surface area (Å²) < 4.78 is 0. The molecule has 1 heterocycles. The summed E-state index contributed by atoms with van der Waals surface area (Å²) in [6.45, 7) is 0. The molecule has 3 nitrogen and oxygen atoms in total. The maximum atomic E-state index is 9.79. The SMILES string of the molecule is O=CC1C=CNO1. The summed E-state index contributed by atoms with van der Waals surface area (Å²) in [6.07, 6.45) is 3.56. The highest BCUT2D eigenvalue weighted by molar-refractivity contribution is 5.59. The van der Waals surface area contributed by atoms with Crippen molar-refractivity contribution in [3.8, 4) is 0 Å². The van der Waals surface area contributed by atoms with Crippen LogP contribution in [0.5, 0.6) is 0 Å². The van der Waals surface area contributed by atoms with Crippen LogP contribution < -0.4 is 5.48 Å². The molecule has 0 amide bonds. The van der Waals surface area contributed by atoms with Crippen LogP contribution in [0.2, 0.25) is 0 Å². The molecule has 1 N–H and O–H groups in total. The Labute approximate surface area is 40.9 Å². The summed E-state index contributed by atoms with van der Waals surface area (Å²) in [5, 5.41) is 0. The molecule has 1 aliphatic heterocycles. The van der Waals surface area contributed by atoms with Gasteiger partial charge in [0, 0.05) is 6.20 Å². The average molecular weight is 99.1 g/mol. The molecule has 0 aromatic carbocycles. The van der Waals surface area contributed by atoms with E-state index in [4.69, 9.17) is 0 Å². The third-order valence-corrected chi connectivity index (χ3v) is 0.692. The van der Waals surface area contributed by atoms with Gasteiger partial charge in [0.15, 0.2) is 12.4 Å². The van der Waals surface area contributed by atoms with Gasteiger partial charge in [-0.1, -0.05) is 0 Å². The topological polar surface area (TPSA) is 38.3 Å². The van der Waals surface area contributed by atoms with Crippen LogP contribution in [0.4, 0.5) is 0 Å². The molecule has 1 atom stereocenters. The molecule has 1 aliphatic rings. The standard InChI is InChI=1S/C4H5NO2/c6-3-4-1-2-5-7-4/h1-5H. The van der Waals surface area contributed by atoms with Crippen molar-refractivity contribution in [1.82, 2.24) is 5.48 Å². The Morgan fingerprint density at radius 1 is 1.86 bits per heavy atom. The quantitative estimate of drug-likeness (QED) is 0.455. The summed E-state index contributed by atoms with van der Waals surface area (Å²) in [4.78, 5) is 14.4. The van der Waals surface area contributed by atoms with Crippen molar-refractivity contribution in [2.45, 2.75) is 6.10 Å². The fraction of sp³-hybridized carbons (Fsp3) is 0.250.